The highest BCUT2D eigenvalue weighted by Gasteiger charge is 2.28. The number of aromatic nitrogens is 4. The molecule has 3 aromatic rings. The van der Waals surface area contributed by atoms with Crippen LogP contribution in [0.15, 0.2) is 42.5 Å². The Balaban J connectivity index is 1.66. The first-order valence-electron chi connectivity index (χ1n) is 10.3. The second-order valence-electron chi connectivity index (χ2n) is 7.92. The standard InChI is InChI=1S/C23H26N6O2/c1-13-5-7-24-11-18(13)19-10-17-20(12-25-19)27-23(31)22(17)16(4)26-21-9-14(2)29(28-21)8-6-15(3)30/h5,7,9-12,15,30H,6,8H2,1-4H3,(H,26,28)(H,27,31)/b22-16-/t15-/m0/s1. The number of carbonyl (C=O) groups excluding carboxylic acids is 1. The summed E-state index contributed by atoms with van der Waals surface area (Å²) in [6, 6.07) is 5.79. The highest BCUT2D eigenvalue weighted by molar-refractivity contribution is 6.32. The second kappa shape index (κ2) is 8.31. The fourth-order valence-corrected chi connectivity index (χ4v) is 3.68. The molecule has 8 nitrogen and oxygen atoms in total. The average molecular weight is 419 g/mol. The Hall–Kier alpha value is -3.52. The smallest absolute Gasteiger partial charge is 0.258 e. The van der Waals surface area contributed by atoms with Crippen LogP contribution in [0.4, 0.5) is 11.5 Å². The molecule has 0 spiro atoms. The molecule has 0 aromatic carbocycles. The maximum absolute atomic E-state index is 12.7. The van der Waals surface area contributed by atoms with Gasteiger partial charge in [-0.25, -0.2) is 0 Å². The molecule has 1 aliphatic rings. The van der Waals surface area contributed by atoms with E-state index in [-0.39, 0.29) is 12.0 Å². The van der Waals surface area contributed by atoms with Crippen molar-refractivity contribution >= 4 is 23.0 Å². The highest BCUT2D eigenvalue weighted by Crippen LogP contribution is 2.36. The van der Waals surface area contributed by atoms with Gasteiger partial charge in [-0.3, -0.25) is 19.4 Å². The molecule has 3 N–H and O–H groups in total. The van der Waals surface area contributed by atoms with Crippen molar-refractivity contribution in [3.63, 3.8) is 0 Å². The minimum Gasteiger partial charge on any atom is -0.393 e. The third-order valence-corrected chi connectivity index (χ3v) is 5.39. The lowest BCUT2D eigenvalue weighted by Gasteiger charge is -2.09. The van der Waals surface area contributed by atoms with Gasteiger partial charge in [0.05, 0.1) is 29.3 Å². The molecule has 0 bridgehead atoms. The minimum atomic E-state index is -0.381. The van der Waals surface area contributed by atoms with E-state index in [2.05, 4.69) is 25.7 Å². The number of aryl methyl sites for hydroxylation is 3. The molecule has 1 aliphatic heterocycles. The number of carbonyl (C=O) groups is 1. The van der Waals surface area contributed by atoms with Crippen LogP contribution in [0.2, 0.25) is 0 Å². The molecule has 31 heavy (non-hydrogen) atoms. The summed E-state index contributed by atoms with van der Waals surface area (Å²) < 4.78 is 1.85. The first kappa shape index (κ1) is 20.7. The molecule has 1 atom stereocenters. The number of pyridine rings is 2. The van der Waals surface area contributed by atoms with Crippen molar-refractivity contribution in [3.8, 4) is 11.3 Å². The Morgan fingerprint density at radius 1 is 1.26 bits per heavy atom. The van der Waals surface area contributed by atoms with Gasteiger partial charge < -0.3 is 15.7 Å². The minimum absolute atomic E-state index is 0.174. The van der Waals surface area contributed by atoms with Crippen molar-refractivity contribution in [3.05, 3.63) is 59.3 Å². The molecule has 8 heteroatoms. The van der Waals surface area contributed by atoms with E-state index < -0.39 is 0 Å². The molecule has 1 amide bonds. The zero-order valence-electron chi connectivity index (χ0n) is 18.1. The van der Waals surface area contributed by atoms with Crippen molar-refractivity contribution in [2.45, 2.75) is 46.8 Å². The van der Waals surface area contributed by atoms with Gasteiger partial charge in [0.2, 0.25) is 0 Å². The SMILES string of the molecule is C/C(Nc1cc(C)n(CC[C@H](C)O)n1)=C1/C(=O)Nc2cnc(-c3cnccc3C)cc21. The van der Waals surface area contributed by atoms with Crippen LogP contribution in [0.5, 0.6) is 0 Å². The van der Waals surface area contributed by atoms with Crippen LogP contribution in [0.25, 0.3) is 16.8 Å². The van der Waals surface area contributed by atoms with E-state index >= 15 is 0 Å². The molecular formula is C23H26N6O2. The summed E-state index contributed by atoms with van der Waals surface area (Å²) >= 11 is 0. The summed E-state index contributed by atoms with van der Waals surface area (Å²) in [6.45, 7) is 8.23. The van der Waals surface area contributed by atoms with Crippen molar-refractivity contribution in [2.75, 3.05) is 10.6 Å². The van der Waals surface area contributed by atoms with E-state index in [4.69, 9.17) is 0 Å². The Morgan fingerprint density at radius 3 is 2.81 bits per heavy atom. The zero-order chi connectivity index (χ0) is 22.1. The van der Waals surface area contributed by atoms with Crippen molar-refractivity contribution in [2.24, 2.45) is 0 Å². The van der Waals surface area contributed by atoms with E-state index in [9.17, 15) is 9.90 Å². The largest absolute Gasteiger partial charge is 0.393 e. The van der Waals surface area contributed by atoms with Crippen LogP contribution in [0, 0.1) is 13.8 Å². The zero-order valence-corrected chi connectivity index (χ0v) is 18.1. The van der Waals surface area contributed by atoms with Gasteiger partial charge in [0.15, 0.2) is 5.82 Å². The third-order valence-electron chi connectivity index (χ3n) is 5.39. The van der Waals surface area contributed by atoms with Gasteiger partial charge in [-0.2, -0.15) is 5.10 Å². The van der Waals surface area contributed by atoms with Crippen LogP contribution >= 0.6 is 0 Å². The molecule has 0 unspecified atom stereocenters. The van der Waals surface area contributed by atoms with Gasteiger partial charge in [-0.15, -0.1) is 0 Å². The monoisotopic (exact) mass is 418 g/mol. The van der Waals surface area contributed by atoms with Gasteiger partial charge in [-0.1, -0.05) is 0 Å². The number of rotatable bonds is 6. The third kappa shape index (κ3) is 4.20. The lowest BCUT2D eigenvalue weighted by molar-refractivity contribution is -0.110. The van der Waals surface area contributed by atoms with Crippen LogP contribution in [-0.2, 0) is 11.3 Å². The van der Waals surface area contributed by atoms with Crippen molar-refractivity contribution < 1.29 is 9.90 Å². The molecule has 0 saturated carbocycles. The molecule has 4 rings (SSSR count). The molecule has 0 aliphatic carbocycles. The van der Waals surface area contributed by atoms with E-state index in [0.717, 1.165) is 28.1 Å². The van der Waals surface area contributed by atoms with E-state index in [1.54, 1.807) is 25.5 Å². The number of hydrogen-bond donors (Lipinski definition) is 3. The molecule has 4 heterocycles. The van der Waals surface area contributed by atoms with Crippen LogP contribution in [-0.4, -0.2) is 36.9 Å². The summed E-state index contributed by atoms with van der Waals surface area (Å²) in [4.78, 5) is 21.4. The van der Waals surface area contributed by atoms with Crippen molar-refractivity contribution in [1.82, 2.24) is 19.7 Å². The Morgan fingerprint density at radius 2 is 2.06 bits per heavy atom. The summed E-state index contributed by atoms with van der Waals surface area (Å²) in [5, 5.41) is 20.2. The number of fused-ring (bicyclic) bond motifs is 1. The predicted molar refractivity (Wildman–Crippen MR) is 120 cm³/mol. The molecule has 160 valence electrons. The lowest BCUT2D eigenvalue weighted by atomic mass is 10.0. The Labute approximate surface area is 181 Å². The molecular weight excluding hydrogens is 392 g/mol. The molecule has 0 saturated heterocycles. The highest BCUT2D eigenvalue weighted by atomic mass is 16.3. The number of allylic oxidation sites excluding steroid dienone is 1. The molecule has 0 fully saturated rings. The van der Waals surface area contributed by atoms with E-state index in [1.165, 1.54) is 0 Å². The van der Waals surface area contributed by atoms with Gasteiger partial charge in [0.25, 0.3) is 5.91 Å². The van der Waals surface area contributed by atoms with Crippen LogP contribution in [0.1, 0.15) is 37.1 Å². The fourth-order valence-electron chi connectivity index (χ4n) is 3.68. The number of aliphatic hydroxyl groups is 1. The number of anilines is 2. The fraction of sp³-hybridized carbons (Fsp3) is 0.304. The first-order chi connectivity index (χ1) is 14.8. The van der Waals surface area contributed by atoms with Gasteiger partial charge >= 0.3 is 0 Å². The average Bonchev–Trinajstić information content (AvgIpc) is 3.24. The number of hydrogen-bond acceptors (Lipinski definition) is 6. The second-order valence-corrected chi connectivity index (χ2v) is 7.92. The summed E-state index contributed by atoms with van der Waals surface area (Å²) in [6.07, 6.45) is 5.46. The van der Waals surface area contributed by atoms with E-state index in [0.29, 0.717) is 35.7 Å². The van der Waals surface area contributed by atoms with Gasteiger partial charge in [-0.05, 0) is 51.8 Å². The molecule has 0 radical (unpaired) electrons. The summed E-state index contributed by atoms with van der Waals surface area (Å²) in [5.41, 5.74) is 6.51. The van der Waals surface area contributed by atoms with E-state index in [1.807, 2.05) is 43.7 Å². The number of nitrogens with zero attached hydrogens (tertiary/aromatic N) is 4. The topological polar surface area (TPSA) is 105 Å². The lowest BCUT2D eigenvalue weighted by Crippen LogP contribution is -2.10. The number of amides is 1. The van der Waals surface area contributed by atoms with Crippen LogP contribution < -0.4 is 10.6 Å². The summed E-state index contributed by atoms with van der Waals surface area (Å²) in [7, 11) is 0. The quantitative estimate of drug-likeness (QED) is 0.529. The molecule has 3 aromatic heterocycles. The number of aliphatic hydroxyl groups excluding tert-OH is 1. The number of nitrogens with one attached hydrogen (secondary N) is 2. The first-order valence-corrected chi connectivity index (χ1v) is 10.3. The summed E-state index contributed by atoms with van der Waals surface area (Å²) in [5.74, 6) is 0.485. The Bertz CT molecular complexity index is 1180. The maximum atomic E-state index is 12.7. The van der Waals surface area contributed by atoms with Crippen molar-refractivity contribution in [1.29, 1.82) is 0 Å². The van der Waals surface area contributed by atoms with Crippen LogP contribution in [0.3, 0.4) is 0 Å². The predicted octanol–water partition coefficient (Wildman–Crippen LogP) is 3.52. The Kier molecular flexibility index (Phi) is 5.56. The van der Waals surface area contributed by atoms with Gasteiger partial charge in [0.1, 0.15) is 0 Å². The van der Waals surface area contributed by atoms with Gasteiger partial charge in [0, 0.05) is 47.5 Å². The maximum Gasteiger partial charge on any atom is 0.258 e. The normalized spacial score (nSPS) is 15.5.